The van der Waals surface area contributed by atoms with Crippen molar-refractivity contribution in [3.8, 4) is 12.3 Å². The summed E-state index contributed by atoms with van der Waals surface area (Å²) in [5.41, 5.74) is 2.89. The molecule has 15 heavy (non-hydrogen) atoms. The van der Waals surface area contributed by atoms with Crippen LogP contribution in [0.4, 0.5) is 4.39 Å². The Morgan fingerprint density at radius 2 is 2.33 bits per heavy atom. The van der Waals surface area contributed by atoms with Crippen molar-refractivity contribution in [1.82, 2.24) is 5.43 Å². The summed E-state index contributed by atoms with van der Waals surface area (Å²) in [5.74, 6) is 7.45. The molecule has 0 heterocycles. The number of rotatable bonds is 4. The minimum Gasteiger partial charge on any atom is -0.271 e. The largest absolute Gasteiger partial charge is 0.271 e. The Morgan fingerprint density at radius 1 is 1.60 bits per heavy atom. The molecule has 80 valence electrons. The maximum absolute atomic E-state index is 13.5. The van der Waals surface area contributed by atoms with Gasteiger partial charge in [0.25, 0.3) is 0 Å². The summed E-state index contributed by atoms with van der Waals surface area (Å²) in [6.45, 7) is 0. The van der Waals surface area contributed by atoms with Gasteiger partial charge in [0.15, 0.2) is 0 Å². The van der Waals surface area contributed by atoms with E-state index in [-0.39, 0.29) is 11.9 Å². The molecule has 1 rings (SSSR count). The normalized spacial score (nSPS) is 12.1. The maximum Gasteiger partial charge on any atom is 0.129 e. The molecule has 2 nitrogen and oxygen atoms in total. The molecule has 0 fully saturated rings. The van der Waals surface area contributed by atoms with Gasteiger partial charge in [0, 0.05) is 17.0 Å². The lowest BCUT2D eigenvalue weighted by atomic mass is 10.0. The van der Waals surface area contributed by atoms with Crippen LogP contribution in [-0.2, 0) is 0 Å². The van der Waals surface area contributed by atoms with Gasteiger partial charge in [0.1, 0.15) is 5.82 Å². The van der Waals surface area contributed by atoms with Gasteiger partial charge in [-0.15, -0.1) is 12.3 Å². The van der Waals surface area contributed by atoms with E-state index in [0.717, 1.165) is 0 Å². The third-order valence-electron chi connectivity index (χ3n) is 2.13. The molecule has 0 aliphatic rings. The zero-order valence-corrected chi connectivity index (χ0v) is 8.89. The highest BCUT2D eigenvalue weighted by atomic mass is 35.5. The Labute approximate surface area is 93.6 Å². The average molecular weight is 227 g/mol. The molecule has 0 amide bonds. The number of hydrogen-bond donors (Lipinski definition) is 2. The predicted octanol–water partition coefficient (Wildman–Crippen LogP) is 2.40. The number of nitrogens with two attached hydrogens (primary N) is 1. The molecule has 0 aliphatic heterocycles. The second kappa shape index (κ2) is 5.72. The van der Waals surface area contributed by atoms with Gasteiger partial charge < -0.3 is 0 Å². The molecule has 1 unspecified atom stereocenters. The molecule has 1 aromatic carbocycles. The quantitative estimate of drug-likeness (QED) is 0.470. The number of benzene rings is 1. The van der Waals surface area contributed by atoms with Crippen LogP contribution < -0.4 is 11.3 Å². The zero-order chi connectivity index (χ0) is 11.3. The molecule has 0 radical (unpaired) electrons. The number of terminal acetylenes is 1. The summed E-state index contributed by atoms with van der Waals surface area (Å²) in [5, 5.41) is 0.356. The molecule has 0 spiro atoms. The van der Waals surface area contributed by atoms with Gasteiger partial charge in [-0.3, -0.25) is 11.3 Å². The minimum atomic E-state index is -0.373. The van der Waals surface area contributed by atoms with Crippen LogP contribution in [0.5, 0.6) is 0 Å². The van der Waals surface area contributed by atoms with Crippen molar-refractivity contribution >= 4 is 11.6 Å². The number of nitrogens with one attached hydrogen (secondary N) is 1. The summed E-state index contributed by atoms with van der Waals surface area (Å²) >= 11 is 5.89. The van der Waals surface area contributed by atoms with Crippen LogP contribution in [0.15, 0.2) is 18.2 Å². The first-order chi connectivity index (χ1) is 7.20. The van der Waals surface area contributed by atoms with E-state index in [0.29, 0.717) is 23.4 Å². The van der Waals surface area contributed by atoms with E-state index in [1.807, 2.05) is 0 Å². The molecule has 1 aromatic rings. The van der Waals surface area contributed by atoms with Crippen LogP contribution >= 0.6 is 11.6 Å². The molecular weight excluding hydrogens is 215 g/mol. The number of halogens is 2. The summed E-state index contributed by atoms with van der Waals surface area (Å²) in [7, 11) is 0. The van der Waals surface area contributed by atoms with E-state index in [2.05, 4.69) is 11.3 Å². The standard InChI is InChI=1S/C11H12ClFN2/c1-2-3-7-10(15-14)11-8(12)5-4-6-9(11)13/h1,4-6,10,15H,3,7,14H2. The van der Waals surface area contributed by atoms with Crippen molar-refractivity contribution in [2.24, 2.45) is 5.84 Å². The molecule has 4 heteroatoms. The minimum absolute atomic E-state index is 0.352. The smallest absolute Gasteiger partial charge is 0.129 e. The van der Waals surface area contributed by atoms with Crippen molar-refractivity contribution in [1.29, 1.82) is 0 Å². The highest BCUT2D eigenvalue weighted by Crippen LogP contribution is 2.27. The monoisotopic (exact) mass is 226 g/mol. The van der Waals surface area contributed by atoms with Gasteiger partial charge >= 0.3 is 0 Å². The van der Waals surface area contributed by atoms with Gasteiger partial charge in [-0.2, -0.15) is 0 Å². The topological polar surface area (TPSA) is 38.0 Å². The second-order valence-electron chi connectivity index (χ2n) is 3.10. The first-order valence-corrected chi connectivity index (χ1v) is 4.92. The van der Waals surface area contributed by atoms with E-state index in [9.17, 15) is 4.39 Å². The van der Waals surface area contributed by atoms with Crippen LogP contribution in [0.2, 0.25) is 5.02 Å². The predicted molar refractivity (Wildman–Crippen MR) is 59.5 cm³/mol. The summed E-state index contributed by atoms with van der Waals surface area (Å²) < 4.78 is 13.5. The fraction of sp³-hybridized carbons (Fsp3) is 0.273. The van der Waals surface area contributed by atoms with Crippen LogP contribution in [0, 0.1) is 18.2 Å². The van der Waals surface area contributed by atoms with Gasteiger partial charge in [0.05, 0.1) is 6.04 Å². The molecule has 0 aliphatic carbocycles. The molecule has 0 saturated carbocycles. The van der Waals surface area contributed by atoms with Crippen molar-refractivity contribution in [3.63, 3.8) is 0 Å². The van der Waals surface area contributed by atoms with E-state index in [1.165, 1.54) is 6.07 Å². The van der Waals surface area contributed by atoms with Crippen molar-refractivity contribution < 1.29 is 4.39 Å². The first-order valence-electron chi connectivity index (χ1n) is 4.54. The van der Waals surface area contributed by atoms with E-state index >= 15 is 0 Å². The lowest BCUT2D eigenvalue weighted by Gasteiger charge is -2.17. The third kappa shape index (κ3) is 2.93. The Kier molecular flexibility index (Phi) is 4.57. The average Bonchev–Trinajstić information content (AvgIpc) is 2.22. The van der Waals surface area contributed by atoms with Crippen LogP contribution in [0.1, 0.15) is 24.4 Å². The Morgan fingerprint density at radius 3 is 2.87 bits per heavy atom. The fourth-order valence-corrected chi connectivity index (χ4v) is 1.68. The van der Waals surface area contributed by atoms with Gasteiger partial charge in [-0.1, -0.05) is 17.7 Å². The number of hydrogen-bond acceptors (Lipinski definition) is 2. The Balaban J connectivity index is 2.96. The van der Waals surface area contributed by atoms with Crippen molar-refractivity contribution in [2.45, 2.75) is 18.9 Å². The summed E-state index contributed by atoms with van der Waals surface area (Å²) in [6.07, 6.45) is 6.20. The van der Waals surface area contributed by atoms with Gasteiger partial charge in [-0.25, -0.2) is 4.39 Å². The lowest BCUT2D eigenvalue weighted by molar-refractivity contribution is 0.491. The molecular formula is C11H12ClFN2. The molecule has 0 bridgehead atoms. The first kappa shape index (κ1) is 12.0. The second-order valence-corrected chi connectivity index (χ2v) is 3.50. The van der Waals surface area contributed by atoms with E-state index in [4.69, 9.17) is 23.9 Å². The van der Waals surface area contributed by atoms with Crippen LogP contribution in [0.25, 0.3) is 0 Å². The molecule has 3 N–H and O–H groups in total. The lowest BCUT2D eigenvalue weighted by Crippen LogP contribution is -2.28. The highest BCUT2D eigenvalue weighted by molar-refractivity contribution is 6.31. The van der Waals surface area contributed by atoms with Crippen LogP contribution in [-0.4, -0.2) is 0 Å². The van der Waals surface area contributed by atoms with E-state index < -0.39 is 0 Å². The summed E-state index contributed by atoms with van der Waals surface area (Å²) in [4.78, 5) is 0. The van der Waals surface area contributed by atoms with E-state index in [1.54, 1.807) is 12.1 Å². The van der Waals surface area contributed by atoms with Gasteiger partial charge in [0.2, 0.25) is 0 Å². The Bertz CT molecular complexity index is 353. The third-order valence-corrected chi connectivity index (χ3v) is 2.46. The fourth-order valence-electron chi connectivity index (χ4n) is 1.38. The van der Waals surface area contributed by atoms with Crippen molar-refractivity contribution in [3.05, 3.63) is 34.6 Å². The molecule has 0 aromatic heterocycles. The summed E-state index contributed by atoms with van der Waals surface area (Å²) in [6, 6.07) is 4.17. The Hall–Kier alpha value is -1.08. The molecule has 1 atom stereocenters. The van der Waals surface area contributed by atoms with Gasteiger partial charge in [-0.05, 0) is 18.6 Å². The zero-order valence-electron chi connectivity index (χ0n) is 8.13. The highest BCUT2D eigenvalue weighted by Gasteiger charge is 2.16. The maximum atomic E-state index is 13.5. The van der Waals surface area contributed by atoms with Crippen molar-refractivity contribution in [2.75, 3.05) is 0 Å². The number of hydrazine groups is 1. The SMILES string of the molecule is C#CCCC(NN)c1c(F)cccc1Cl. The van der Waals surface area contributed by atoms with Crippen LogP contribution in [0.3, 0.4) is 0 Å². The molecule has 0 saturated heterocycles.